The number of piperazine rings is 1. The standard InChI is InChI=1S/C15H24N4O/c1-4-18-8-10-19(11-9-18)15(20)14(17(2)3)13-6-5-7-16-12-13/h5-7,12,14H,4,8-11H2,1-3H3. The van der Waals surface area contributed by atoms with Gasteiger partial charge in [-0.3, -0.25) is 14.7 Å². The zero-order valence-electron chi connectivity index (χ0n) is 12.6. The smallest absolute Gasteiger partial charge is 0.244 e. The maximum Gasteiger partial charge on any atom is 0.244 e. The molecule has 1 aliphatic heterocycles. The topological polar surface area (TPSA) is 39.7 Å². The minimum Gasteiger partial charge on any atom is -0.338 e. The summed E-state index contributed by atoms with van der Waals surface area (Å²) in [5.74, 6) is 0.179. The molecule has 0 saturated carbocycles. The summed E-state index contributed by atoms with van der Waals surface area (Å²) in [5.41, 5.74) is 0.959. The van der Waals surface area contributed by atoms with Crippen LogP contribution in [0, 0.1) is 0 Å². The fourth-order valence-electron chi connectivity index (χ4n) is 2.66. The number of hydrogen-bond acceptors (Lipinski definition) is 4. The highest BCUT2D eigenvalue weighted by molar-refractivity contribution is 5.83. The molecule has 1 aromatic heterocycles. The lowest BCUT2D eigenvalue weighted by molar-refractivity contribution is -0.138. The highest BCUT2D eigenvalue weighted by Gasteiger charge is 2.29. The van der Waals surface area contributed by atoms with Crippen LogP contribution in [-0.4, -0.2) is 72.4 Å². The van der Waals surface area contributed by atoms with Crippen LogP contribution >= 0.6 is 0 Å². The van der Waals surface area contributed by atoms with Crippen LogP contribution < -0.4 is 0 Å². The molecule has 0 radical (unpaired) electrons. The molecule has 1 atom stereocenters. The van der Waals surface area contributed by atoms with Gasteiger partial charge in [0.05, 0.1) is 0 Å². The van der Waals surface area contributed by atoms with Crippen molar-refractivity contribution in [2.24, 2.45) is 0 Å². The molecule has 1 fully saturated rings. The van der Waals surface area contributed by atoms with Crippen molar-refractivity contribution in [3.05, 3.63) is 30.1 Å². The highest BCUT2D eigenvalue weighted by Crippen LogP contribution is 2.20. The fraction of sp³-hybridized carbons (Fsp3) is 0.600. The molecule has 0 spiro atoms. The Labute approximate surface area is 121 Å². The minimum atomic E-state index is -0.239. The summed E-state index contributed by atoms with van der Waals surface area (Å²) in [4.78, 5) is 23.2. The van der Waals surface area contributed by atoms with Gasteiger partial charge in [0.15, 0.2) is 0 Å². The Bertz CT molecular complexity index is 427. The van der Waals surface area contributed by atoms with Gasteiger partial charge in [-0.25, -0.2) is 0 Å². The predicted molar refractivity (Wildman–Crippen MR) is 79.4 cm³/mol. The van der Waals surface area contributed by atoms with Gasteiger partial charge in [-0.1, -0.05) is 13.0 Å². The average molecular weight is 276 g/mol. The van der Waals surface area contributed by atoms with E-state index in [9.17, 15) is 4.79 Å². The SMILES string of the molecule is CCN1CCN(C(=O)C(c2cccnc2)N(C)C)CC1. The number of nitrogens with zero attached hydrogens (tertiary/aromatic N) is 4. The zero-order chi connectivity index (χ0) is 14.5. The average Bonchev–Trinajstić information content (AvgIpc) is 2.48. The third-order valence-electron chi connectivity index (χ3n) is 3.88. The maximum atomic E-state index is 12.8. The number of amides is 1. The van der Waals surface area contributed by atoms with E-state index < -0.39 is 0 Å². The molecular weight excluding hydrogens is 252 g/mol. The Morgan fingerprint density at radius 3 is 2.55 bits per heavy atom. The van der Waals surface area contributed by atoms with Crippen LogP contribution in [0.4, 0.5) is 0 Å². The van der Waals surface area contributed by atoms with Crippen LogP contribution in [0.5, 0.6) is 0 Å². The van der Waals surface area contributed by atoms with Crippen LogP contribution in [0.25, 0.3) is 0 Å². The first-order valence-corrected chi connectivity index (χ1v) is 7.21. The lowest BCUT2D eigenvalue weighted by Gasteiger charge is -2.37. The molecule has 0 aromatic carbocycles. The van der Waals surface area contributed by atoms with Crippen molar-refractivity contribution < 1.29 is 4.79 Å². The first-order valence-electron chi connectivity index (χ1n) is 7.21. The first-order chi connectivity index (χ1) is 9.63. The second-order valence-corrected chi connectivity index (χ2v) is 5.41. The van der Waals surface area contributed by atoms with Crippen LogP contribution in [0.2, 0.25) is 0 Å². The number of aromatic nitrogens is 1. The second kappa shape index (κ2) is 6.81. The third kappa shape index (κ3) is 3.35. The summed E-state index contributed by atoms with van der Waals surface area (Å²) in [5, 5.41) is 0. The van der Waals surface area contributed by atoms with Crippen molar-refractivity contribution in [2.75, 3.05) is 46.8 Å². The van der Waals surface area contributed by atoms with Gasteiger partial charge in [-0.05, 0) is 32.3 Å². The Morgan fingerprint density at radius 1 is 1.35 bits per heavy atom. The van der Waals surface area contributed by atoms with Crippen molar-refractivity contribution in [2.45, 2.75) is 13.0 Å². The molecule has 0 N–H and O–H groups in total. The van der Waals surface area contributed by atoms with E-state index in [0.717, 1.165) is 38.3 Å². The Balaban J connectivity index is 2.09. The number of carbonyl (C=O) groups excluding carboxylic acids is 1. The van der Waals surface area contributed by atoms with Gasteiger partial charge in [0, 0.05) is 38.6 Å². The van der Waals surface area contributed by atoms with Gasteiger partial charge in [-0.15, -0.1) is 0 Å². The van der Waals surface area contributed by atoms with Crippen LogP contribution in [0.3, 0.4) is 0 Å². The van der Waals surface area contributed by atoms with Gasteiger partial charge in [0.1, 0.15) is 6.04 Å². The summed E-state index contributed by atoms with van der Waals surface area (Å²) in [7, 11) is 3.88. The van der Waals surface area contributed by atoms with Crippen molar-refractivity contribution >= 4 is 5.91 Å². The van der Waals surface area contributed by atoms with E-state index in [-0.39, 0.29) is 11.9 Å². The molecule has 1 saturated heterocycles. The number of pyridine rings is 1. The molecule has 1 unspecified atom stereocenters. The molecule has 2 heterocycles. The van der Waals surface area contributed by atoms with Crippen molar-refractivity contribution in [3.63, 3.8) is 0 Å². The summed E-state index contributed by atoms with van der Waals surface area (Å²) >= 11 is 0. The quantitative estimate of drug-likeness (QED) is 0.817. The van der Waals surface area contributed by atoms with E-state index >= 15 is 0 Å². The van der Waals surface area contributed by atoms with Gasteiger partial charge in [-0.2, -0.15) is 0 Å². The van der Waals surface area contributed by atoms with E-state index in [4.69, 9.17) is 0 Å². The fourth-order valence-corrected chi connectivity index (χ4v) is 2.66. The van der Waals surface area contributed by atoms with Crippen LogP contribution in [0.1, 0.15) is 18.5 Å². The van der Waals surface area contributed by atoms with Gasteiger partial charge >= 0.3 is 0 Å². The molecule has 20 heavy (non-hydrogen) atoms. The molecule has 0 bridgehead atoms. The lowest BCUT2D eigenvalue weighted by atomic mass is 10.1. The Kier molecular flexibility index (Phi) is 5.09. The van der Waals surface area contributed by atoms with Crippen molar-refractivity contribution in [1.82, 2.24) is 19.7 Å². The van der Waals surface area contributed by atoms with E-state index in [2.05, 4.69) is 16.8 Å². The minimum absolute atomic E-state index is 0.179. The second-order valence-electron chi connectivity index (χ2n) is 5.41. The van der Waals surface area contributed by atoms with E-state index in [1.54, 1.807) is 12.4 Å². The highest BCUT2D eigenvalue weighted by atomic mass is 16.2. The summed E-state index contributed by atoms with van der Waals surface area (Å²) in [6.45, 7) is 6.79. The Morgan fingerprint density at radius 2 is 2.05 bits per heavy atom. The zero-order valence-corrected chi connectivity index (χ0v) is 12.6. The monoisotopic (exact) mass is 276 g/mol. The molecule has 1 amide bonds. The molecule has 0 aliphatic carbocycles. The Hall–Kier alpha value is -1.46. The largest absolute Gasteiger partial charge is 0.338 e. The summed E-state index contributed by atoms with van der Waals surface area (Å²) in [6.07, 6.45) is 3.52. The normalized spacial score (nSPS) is 18.3. The van der Waals surface area contributed by atoms with Gasteiger partial charge in [0.2, 0.25) is 5.91 Å². The predicted octanol–water partition coefficient (Wildman–Crippen LogP) is 0.848. The van der Waals surface area contributed by atoms with Crippen molar-refractivity contribution in [3.8, 4) is 0 Å². The van der Waals surface area contributed by atoms with Crippen molar-refractivity contribution in [1.29, 1.82) is 0 Å². The molecule has 2 rings (SSSR count). The number of hydrogen-bond donors (Lipinski definition) is 0. The summed E-state index contributed by atoms with van der Waals surface area (Å²) < 4.78 is 0. The molecule has 5 heteroatoms. The van der Waals surface area contributed by atoms with E-state index in [1.807, 2.05) is 36.0 Å². The lowest BCUT2D eigenvalue weighted by Crippen LogP contribution is -2.51. The molecule has 110 valence electrons. The van der Waals surface area contributed by atoms with Gasteiger partial charge in [0.25, 0.3) is 0 Å². The number of rotatable bonds is 4. The van der Waals surface area contributed by atoms with Crippen LogP contribution in [-0.2, 0) is 4.79 Å². The molecule has 5 nitrogen and oxygen atoms in total. The van der Waals surface area contributed by atoms with Crippen LogP contribution in [0.15, 0.2) is 24.5 Å². The molecule has 1 aliphatic rings. The third-order valence-corrected chi connectivity index (χ3v) is 3.88. The van der Waals surface area contributed by atoms with E-state index in [1.165, 1.54) is 0 Å². The first kappa shape index (κ1) is 14.9. The summed E-state index contributed by atoms with van der Waals surface area (Å²) in [6, 6.07) is 3.61. The number of carbonyl (C=O) groups is 1. The van der Waals surface area contributed by atoms with E-state index in [0.29, 0.717) is 0 Å². The maximum absolute atomic E-state index is 12.8. The van der Waals surface area contributed by atoms with Gasteiger partial charge < -0.3 is 9.80 Å². The number of likely N-dealkylation sites (N-methyl/N-ethyl adjacent to an activating group) is 2. The molecule has 1 aromatic rings. The molecular formula is C15H24N4O.